The lowest BCUT2D eigenvalue weighted by atomic mass is 10.0. The van der Waals surface area contributed by atoms with Gasteiger partial charge in [0, 0.05) is 38.4 Å². The molecule has 0 bridgehead atoms. The Labute approximate surface area is 147 Å². The Morgan fingerprint density at radius 1 is 1.20 bits per heavy atom. The normalized spacial score (nSPS) is 15.9. The van der Waals surface area contributed by atoms with Crippen molar-refractivity contribution in [2.75, 3.05) is 19.6 Å². The van der Waals surface area contributed by atoms with Gasteiger partial charge in [-0.05, 0) is 29.7 Å². The molecule has 0 spiro atoms. The summed E-state index contributed by atoms with van der Waals surface area (Å²) in [6, 6.07) is 11.8. The molecule has 25 heavy (non-hydrogen) atoms. The van der Waals surface area contributed by atoms with E-state index in [0.717, 1.165) is 16.7 Å². The lowest BCUT2D eigenvalue weighted by Gasteiger charge is -2.23. The van der Waals surface area contributed by atoms with Gasteiger partial charge in [0.1, 0.15) is 0 Å². The van der Waals surface area contributed by atoms with E-state index < -0.39 is 0 Å². The van der Waals surface area contributed by atoms with E-state index in [1.54, 1.807) is 11.1 Å². The fourth-order valence-corrected chi connectivity index (χ4v) is 2.83. The molecule has 6 heteroatoms. The third-order valence-corrected chi connectivity index (χ3v) is 4.35. The predicted octanol–water partition coefficient (Wildman–Crippen LogP) is 2.34. The van der Waals surface area contributed by atoms with Gasteiger partial charge >= 0.3 is 6.03 Å². The number of nitrogens with one attached hydrogen (secondary N) is 2. The summed E-state index contributed by atoms with van der Waals surface area (Å²) in [6.07, 6.45) is 3.93. The second-order valence-corrected chi connectivity index (χ2v) is 6.12. The number of hydrogen-bond donors (Lipinski definition) is 2. The van der Waals surface area contributed by atoms with E-state index in [0.29, 0.717) is 26.1 Å². The van der Waals surface area contributed by atoms with E-state index in [1.165, 1.54) is 0 Å². The zero-order valence-corrected chi connectivity index (χ0v) is 14.2. The minimum absolute atomic E-state index is 0.00524. The molecule has 3 rings (SSSR count). The van der Waals surface area contributed by atoms with Crippen LogP contribution in [0.25, 0.3) is 11.1 Å². The highest BCUT2D eigenvalue weighted by Crippen LogP contribution is 2.21. The van der Waals surface area contributed by atoms with Crippen LogP contribution in [-0.4, -0.2) is 41.5 Å². The fraction of sp³-hybridized carbons (Fsp3) is 0.316. The third kappa shape index (κ3) is 4.35. The van der Waals surface area contributed by atoms with Crippen LogP contribution >= 0.6 is 0 Å². The quantitative estimate of drug-likeness (QED) is 0.902. The van der Waals surface area contributed by atoms with Crippen molar-refractivity contribution in [2.45, 2.75) is 19.4 Å². The van der Waals surface area contributed by atoms with Crippen LogP contribution in [0.3, 0.4) is 0 Å². The van der Waals surface area contributed by atoms with Crippen LogP contribution in [0.2, 0.25) is 0 Å². The first-order valence-electron chi connectivity index (χ1n) is 8.46. The van der Waals surface area contributed by atoms with E-state index in [1.807, 2.05) is 49.5 Å². The second-order valence-electron chi connectivity index (χ2n) is 6.12. The molecule has 0 aliphatic carbocycles. The van der Waals surface area contributed by atoms with Gasteiger partial charge in [0.25, 0.3) is 0 Å². The Bertz CT molecular complexity index is 731. The Morgan fingerprint density at radius 2 is 2.00 bits per heavy atom. The first kappa shape index (κ1) is 17.0. The van der Waals surface area contributed by atoms with Crippen LogP contribution in [0.4, 0.5) is 4.79 Å². The van der Waals surface area contributed by atoms with Crippen LogP contribution in [0.15, 0.2) is 48.8 Å². The molecule has 1 aliphatic heterocycles. The number of amides is 3. The lowest BCUT2D eigenvalue weighted by Crippen LogP contribution is -2.42. The average Bonchev–Trinajstić information content (AvgIpc) is 2.87. The average molecular weight is 338 g/mol. The summed E-state index contributed by atoms with van der Waals surface area (Å²) in [7, 11) is 0. The maximum Gasteiger partial charge on any atom is 0.317 e. The molecule has 2 aromatic rings. The van der Waals surface area contributed by atoms with E-state index in [2.05, 4.69) is 15.6 Å². The van der Waals surface area contributed by atoms with Crippen molar-refractivity contribution in [3.8, 4) is 11.1 Å². The zero-order valence-electron chi connectivity index (χ0n) is 14.2. The molecule has 6 nitrogen and oxygen atoms in total. The van der Waals surface area contributed by atoms with Gasteiger partial charge in [0.2, 0.25) is 5.91 Å². The summed E-state index contributed by atoms with van der Waals surface area (Å²) in [5.41, 5.74) is 3.19. The van der Waals surface area contributed by atoms with E-state index in [9.17, 15) is 9.59 Å². The van der Waals surface area contributed by atoms with Crippen molar-refractivity contribution >= 4 is 11.9 Å². The van der Waals surface area contributed by atoms with Gasteiger partial charge in [-0.25, -0.2) is 4.79 Å². The van der Waals surface area contributed by atoms with Crippen molar-refractivity contribution in [3.63, 3.8) is 0 Å². The van der Waals surface area contributed by atoms with Gasteiger partial charge in [-0.3, -0.25) is 9.78 Å². The number of hydrogen-bond acceptors (Lipinski definition) is 3. The van der Waals surface area contributed by atoms with Crippen molar-refractivity contribution in [2.24, 2.45) is 0 Å². The van der Waals surface area contributed by atoms with Gasteiger partial charge in [-0.1, -0.05) is 30.3 Å². The summed E-state index contributed by atoms with van der Waals surface area (Å²) in [5.74, 6) is -0.00524. The fourth-order valence-electron chi connectivity index (χ4n) is 2.83. The second kappa shape index (κ2) is 7.79. The topological polar surface area (TPSA) is 74.3 Å². The Hall–Kier alpha value is -2.89. The largest absolute Gasteiger partial charge is 0.354 e. The maximum atomic E-state index is 12.4. The van der Waals surface area contributed by atoms with Crippen LogP contribution < -0.4 is 10.6 Å². The molecule has 1 fully saturated rings. The smallest absolute Gasteiger partial charge is 0.317 e. The highest BCUT2D eigenvalue weighted by atomic mass is 16.2. The summed E-state index contributed by atoms with van der Waals surface area (Å²) < 4.78 is 0. The predicted molar refractivity (Wildman–Crippen MR) is 95.8 cm³/mol. The molecule has 1 aromatic carbocycles. The van der Waals surface area contributed by atoms with Gasteiger partial charge in [-0.2, -0.15) is 0 Å². The zero-order chi connectivity index (χ0) is 17.6. The maximum absolute atomic E-state index is 12.4. The Kier molecular flexibility index (Phi) is 5.28. The molecule has 0 unspecified atom stereocenters. The van der Waals surface area contributed by atoms with Crippen LogP contribution in [0.5, 0.6) is 0 Å². The first-order chi connectivity index (χ1) is 12.1. The molecule has 1 aromatic heterocycles. The summed E-state index contributed by atoms with van der Waals surface area (Å²) >= 11 is 0. The Morgan fingerprint density at radius 3 is 2.72 bits per heavy atom. The number of aromatic nitrogens is 1. The highest BCUT2D eigenvalue weighted by Gasteiger charge is 2.20. The number of benzene rings is 1. The first-order valence-corrected chi connectivity index (χ1v) is 8.46. The van der Waals surface area contributed by atoms with Gasteiger partial charge in [-0.15, -0.1) is 0 Å². The molecule has 2 N–H and O–H groups in total. The number of rotatable bonds is 3. The molecule has 1 atom stereocenters. The van der Waals surface area contributed by atoms with Crippen LogP contribution in [-0.2, 0) is 4.79 Å². The molecule has 0 saturated carbocycles. The lowest BCUT2D eigenvalue weighted by molar-refractivity contribution is -0.120. The number of carbonyl (C=O) groups excluding carboxylic acids is 2. The van der Waals surface area contributed by atoms with Crippen molar-refractivity contribution in [1.29, 1.82) is 0 Å². The number of carbonyl (C=O) groups is 2. The molecule has 130 valence electrons. The number of nitrogens with zero attached hydrogens (tertiary/aromatic N) is 2. The molecule has 1 aliphatic rings. The monoisotopic (exact) mass is 338 g/mol. The molecule has 2 heterocycles. The molecular formula is C19H22N4O2. The SMILES string of the molecule is C[C@@H](NC(=O)N1CCNC(=O)CC1)c1ccc(-c2cccnc2)cc1. The van der Waals surface area contributed by atoms with Crippen LogP contribution in [0, 0.1) is 0 Å². The van der Waals surface area contributed by atoms with Crippen molar-refractivity contribution < 1.29 is 9.59 Å². The number of urea groups is 1. The Balaban J connectivity index is 1.62. The van der Waals surface area contributed by atoms with Gasteiger partial charge in [0.05, 0.1) is 6.04 Å². The molecule has 1 saturated heterocycles. The molecular weight excluding hydrogens is 316 g/mol. The van der Waals surface area contributed by atoms with E-state index in [-0.39, 0.29) is 18.0 Å². The van der Waals surface area contributed by atoms with Crippen LogP contribution in [0.1, 0.15) is 24.9 Å². The third-order valence-electron chi connectivity index (χ3n) is 4.35. The minimum atomic E-state index is -0.139. The standard InChI is InChI=1S/C19H22N4O2/c1-14(22-19(25)23-11-8-18(24)21-10-12-23)15-4-6-16(7-5-15)17-3-2-9-20-13-17/h2-7,9,13-14H,8,10-12H2,1H3,(H,21,24)(H,22,25)/t14-/m1/s1. The highest BCUT2D eigenvalue weighted by molar-refractivity contribution is 5.79. The molecule has 0 radical (unpaired) electrons. The van der Waals surface area contributed by atoms with Gasteiger partial charge in [0.15, 0.2) is 0 Å². The minimum Gasteiger partial charge on any atom is -0.354 e. The number of pyridine rings is 1. The van der Waals surface area contributed by atoms with E-state index >= 15 is 0 Å². The van der Waals surface area contributed by atoms with Gasteiger partial charge < -0.3 is 15.5 Å². The summed E-state index contributed by atoms with van der Waals surface area (Å²) in [4.78, 5) is 29.6. The van der Waals surface area contributed by atoms with E-state index in [4.69, 9.17) is 0 Å². The van der Waals surface area contributed by atoms with Crippen molar-refractivity contribution in [3.05, 3.63) is 54.4 Å². The molecule has 3 amide bonds. The van der Waals surface area contributed by atoms with Crippen molar-refractivity contribution in [1.82, 2.24) is 20.5 Å². The summed E-state index contributed by atoms with van der Waals surface area (Å²) in [6.45, 7) is 3.44. The summed E-state index contributed by atoms with van der Waals surface area (Å²) in [5, 5.41) is 5.77.